The number of carbonyl (C=O) groups excluding carboxylic acids is 1. The zero-order valence-corrected chi connectivity index (χ0v) is 8.36. The molecule has 0 atom stereocenters. The molecule has 0 aliphatic carbocycles. The molecule has 1 aromatic rings. The summed E-state index contributed by atoms with van der Waals surface area (Å²) in [6.07, 6.45) is 5.24. The number of hydrogen-bond acceptors (Lipinski definition) is 1. The molecule has 2 nitrogen and oxygen atoms in total. The molecule has 0 spiro atoms. The van der Waals surface area contributed by atoms with Crippen molar-refractivity contribution in [1.82, 2.24) is 4.57 Å². The predicted octanol–water partition coefficient (Wildman–Crippen LogP) is 2.74. The summed E-state index contributed by atoms with van der Waals surface area (Å²) >= 11 is 0. The van der Waals surface area contributed by atoms with Crippen LogP contribution in [0.5, 0.6) is 0 Å². The summed E-state index contributed by atoms with van der Waals surface area (Å²) in [5, 5.41) is 0. The molecule has 0 aliphatic heterocycles. The smallest absolute Gasteiger partial charge is 0.166 e. The van der Waals surface area contributed by atoms with Crippen LogP contribution in [-0.4, -0.2) is 10.9 Å². The topological polar surface area (TPSA) is 22.0 Å². The molecule has 0 aromatic carbocycles. The summed E-state index contributed by atoms with van der Waals surface area (Å²) in [6.45, 7) is 5.39. The largest absolute Gasteiger partial charge is 0.345 e. The number of hydrogen-bond donors (Lipinski definition) is 0. The van der Waals surface area contributed by atoms with E-state index in [1.165, 1.54) is 6.42 Å². The molecule has 0 saturated heterocycles. The quantitative estimate of drug-likeness (QED) is 0.637. The van der Waals surface area contributed by atoms with Crippen LogP contribution >= 0.6 is 0 Å². The van der Waals surface area contributed by atoms with E-state index >= 15 is 0 Å². The van der Waals surface area contributed by atoms with Crippen molar-refractivity contribution in [1.29, 1.82) is 0 Å². The van der Waals surface area contributed by atoms with Gasteiger partial charge in [-0.2, -0.15) is 0 Å². The molecule has 0 saturated carbocycles. The molecule has 0 radical (unpaired) electrons. The third-order valence-corrected chi connectivity index (χ3v) is 2.17. The van der Waals surface area contributed by atoms with Gasteiger partial charge in [0, 0.05) is 12.7 Å². The van der Waals surface area contributed by atoms with Crippen LogP contribution in [-0.2, 0) is 6.54 Å². The van der Waals surface area contributed by atoms with Gasteiger partial charge >= 0.3 is 0 Å². The SMILES string of the molecule is CC(C)CCCn1cccc1C=O. The lowest BCUT2D eigenvalue weighted by Gasteiger charge is -2.06. The Morgan fingerprint density at radius 1 is 1.54 bits per heavy atom. The van der Waals surface area contributed by atoms with Crippen LogP contribution in [0.2, 0.25) is 0 Å². The van der Waals surface area contributed by atoms with Gasteiger partial charge in [0.2, 0.25) is 0 Å². The number of aldehydes is 1. The van der Waals surface area contributed by atoms with Gasteiger partial charge < -0.3 is 4.57 Å². The zero-order chi connectivity index (χ0) is 9.68. The van der Waals surface area contributed by atoms with Gasteiger partial charge in [0.25, 0.3) is 0 Å². The summed E-state index contributed by atoms with van der Waals surface area (Å²) in [5.41, 5.74) is 0.781. The van der Waals surface area contributed by atoms with E-state index in [1.807, 2.05) is 22.9 Å². The molecule has 1 heterocycles. The van der Waals surface area contributed by atoms with Gasteiger partial charge in [0.05, 0.1) is 5.69 Å². The summed E-state index contributed by atoms with van der Waals surface area (Å²) < 4.78 is 2.01. The second-order valence-electron chi connectivity index (χ2n) is 3.78. The van der Waals surface area contributed by atoms with Crippen LogP contribution in [0.25, 0.3) is 0 Å². The van der Waals surface area contributed by atoms with Gasteiger partial charge in [0.1, 0.15) is 0 Å². The summed E-state index contributed by atoms with van der Waals surface area (Å²) in [7, 11) is 0. The van der Waals surface area contributed by atoms with Gasteiger partial charge in [0.15, 0.2) is 6.29 Å². The molecule has 0 N–H and O–H groups in total. The second-order valence-corrected chi connectivity index (χ2v) is 3.78. The van der Waals surface area contributed by atoms with Gasteiger partial charge in [-0.05, 0) is 30.9 Å². The number of nitrogens with zero attached hydrogens (tertiary/aromatic N) is 1. The standard InChI is InChI=1S/C11H17NO/c1-10(2)5-3-7-12-8-4-6-11(12)9-13/h4,6,8-10H,3,5,7H2,1-2H3. The number of aromatic nitrogens is 1. The summed E-state index contributed by atoms with van der Waals surface area (Å²) in [4.78, 5) is 10.6. The molecular formula is C11H17NO. The number of carbonyl (C=O) groups is 1. The van der Waals surface area contributed by atoms with E-state index < -0.39 is 0 Å². The molecule has 0 bridgehead atoms. The molecule has 13 heavy (non-hydrogen) atoms. The monoisotopic (exact) mass is 179 g/mol. The molecule has 0 unspecified atom stereocenters. The molecule has 72 valence electrons. The number of rotatable bonds is 5. The van der Waals surface area contributed by atoms with Crippen LogP contribution in [0.15, 0.2) is 18.3 Å². The van der Waals surface area contributed by atoms with Crippen LogP contribution < -0.4 is 0 Å². The third-order valence-electron chi connectivity index (χ3n) is 2.17. The van der Waals surface area contributed by atoms with Crippen molar-refractivity contribution < 1.29 is 4.79 Å². The minimum atomic E-state index is 0.746. The molecule has 2 heteroatoms. The minimum absolute atomic E-state index is 0.746. The van der Waals surface area contributed by atoms with Crippen LogP contribution in [0.4, 0.5) is 0 Å². The fourth-order valence-corrected chi connectivity index (χ4v) is 1.41. The molecule has 0 amide bonds. The van der Waals surface area contributed by atoms with Crippen LogP contribution in [0, 0.1) is 5.92 Å². The van der Waals surface area contributed by atoms with E-state index in [-0.39, 0.29) is 0 Å². The Kier molecular flexibility index (Phi) is 3.74. The Labute approximate surface area is 79.6 Å². The summed E-state index contributed by atoms with van der Waals surface area (Å²) in [5.74, 6) is 0.746. The lowest BCUT2D eigenvalue weighted by Crippen LogP contribution is -2.02. The first-order valence-electron chi connectivity index (χ1n) is 4.84. The predicted molar refractivity (Wildman–Crippen MR) is 53.9 cm³/mol. The van der Waals surface area contributed by atoms with Crippen molar-refractivity contribution in [3.8, 4) is 0 Å². The molecule has 1 aromatic heterocycles. The molecular weight excluding hydrogens is 162 g/mol. The first-order chi connectivity index (χ1) is 6.24. The molecule has 1 rings (SSSR count). The third kappa shape index (κ3) is 3.05. The van der Waals surface area contributed by atoms with E-state index in [0.717, 1.165) is 30.9 Å². The highest BCUT2D eigenvalue weighted by Crippen LogP contribution is 2.07. The van der Waals surface area contributed by atoms with Crippen molar-refractivity contribution in [3.05, 3.63) is 24.0 Å². The van der Waals surface area contributed by atoms with Crippen molar-refractivity contribution in [2.75, 3.05) is 0 Å². The maximum atomic E-state index is 10.6. The summed E-state index contributed by atoms with van der Waals surface area (Å²) in [6, 6.07) is 3.77. The molecule has 0 fully saturated rings. The number of aryl methyl sites for hydroxylation is 1. The van der Waals surface area contributed by atoms with Gasteiger partial charge in [-0.25, -0.2) is 0 Å². The average Bonchev–Trinajstić information content (AvgIpc) is 2.51. The van der Waals surface area contributed by atoms with Crippen molar-refractivity contribution in [2.24, 2.45) is 5.92 Å². The average molecular weight is 179 g/mol. The van der Waals surface area contributed by atoms with E-state index in [2.05, 4.69) is 13.8 Å². The fourth-order valence-electron chi connectivity index (χ4n) is 1.41. The van der Waals surface area contributed by atoms with E-state index in [4.69, 9.17) is 0 Å². The van der Waals surface area contributed by atoms with Crippen molar-refractivity contribution in [3.63, 3.8) is 0 Å². The van der Waals surface area contributed by atoms with E-state index in [9.17, 15) is 4.79 Å². The maximum Gasteiger partial charge on any atom is 0.166 e. The normalized spacial score (nSPS) is 10.7. The highest BCUT2D eigenvalue weighted by atomic mass is 16.1. The first kappa shape index (κ1) is 10.0. The Morgan fingerprint density at radius 2 is 2.31 bits per heavy atom. The van der Waals surface area contributed by atoms with E-state index in [1.54, 1.807) is 0 Å². The Balaban J connectivity index is 2.40. The van der Waals surface area contributed by atoms with Crippen molar-refractivity contribution >= 4 is 6.29 Å². The Bertz CT molecular complexity index is 263. The van der Waals surface area contributed by atoms with E-state index in [0.29, 0.717) is 0 Å². The highest BCUT2D eigenvalue weighted by molar-refractivity contribution is 5.72. The van der Waals surface area contributed by atoms with Crippen molar-refractivity contribution in [2.45, 2.75) is 33.2 Å². The Morgan fingerprint density at radius 3 is 2.92 bits per heavy atom. The Hall–Kier alpha value is -1.05. The van der Waals surface area contributed by atoms with Crippen LogP contribution in [0.3, 0.4) is 0 Å². The van der Waals surface area contributed by atoms with Gasteiger partial charge in [-0.15, -0.1) is 0 Å². The van der Waals surface area contributed by atoms with Gasteiger partial charge in [-0.1, -0.05) is 13.8 Å². The minimum Gasteiger partial charge on any atom is -0.345 e. The molecule has 0 aliphatic rings. The first-order valence-corrected chi connectivity index (χ1v) is 4.84. The second kappa shape index (κ2) is 4.85. The fraction of sp³-hybridized carbons (Fsp3) is 0.545. The van der Waals surface area contributed by atoms with Crippen LogP contribution in [0.1, 0.15) is 37.2 Å². The zero-order valence-electron chi connectivity index (χ0n) is 8.36. The van der Waals surface area contributed by atoms with Gasteiger partial charge in [-0.3, -0.25) is 4.79 Å². The maximum absolute atomic E-state index is 10.6. The lowest BCUT2D eigenvalue weighted by atomic mass is 10.1. The highest BCUT2D eigenvalue weighted by Gasteiger charge is 1.99. The lowest BCUT2D eigenvalue weighted by molar-refractivity contribution is 0.111.